The monoisotopic (exact) mass is 285 g/mol. The summed E-state index contributed by atoms with van der Waals surface area (Å²) in [7, 11) is 0. The van der Waals surface area contributed by atoms with E-state index in [-0.39, 0.29) is 6.04 Å². The Hall–Kier alpha value is -0.310. The molecular formula is C12H13BrClN. The predicted molar refractivity (Wildman–Crippen MR) is 68.0 cm³/mol. The third kappa shape index (κ3) is 2.44. The molecule has 2 N–H and O–H groups in total. The summed E-state index contributed by atoms with van der Waals surface area (Å²) in [5, 5.41) is 0.749. The highest BCUT2D eigenvalue weighted by Gasteiger charge is 2.17. The van der Waals surface area contributed by atoms with E-state index >= 15 is 0 Å². The molecule has 1 unspecified atom stereocenters. The van der Waals surface area contributed by atoms with Crippen molar-refractivity contribution in [2.45, 2.75) is 25.3 Å². The molecule has 0 radical (unpaired) electrons. The van der Waals surface area contributed by atoms with Crippen LogP contribution in [0.1, 0.15) is 30.9 Å². The van der Waals surface area contributed by atoms with Gasteiger partial charge in [0.1, 0.15) is 0 Å². The van der Waals surface area contributed by atoms with Gasteiger partial charge in [0.15, 0.2) is 0 Å². The maximum atomic E-state index is 6.20. The molecule has 80 valence electrons. The molecule has 1 nitrogen and oxygen atoms in total. The van der Waals surface area contributed by atoms with Crippen molar-refractivity contribution in [1.29, 1.82) is 0 Å². The van der Waals surface area contributed by atoms with Crippen molar-refractivity contribution < 1.29 is 0 Å². The summed E-state index contributed by atoms with van der Waals surface area (Å²) < 4.78 is 1.02. The van der Waals surface area contributed by atoms with Crippen molar-refractivity contribution in [2.75, 3.05) is 0 Å². The second-order valence-corrected chi connectivity index (χ2v) is 5.14. The van der Waals surface area contributed by atoms with Crippen molar-refractivity contribution in [1.82, 2.24) is 0 Å². The Bertz CT molecular complexity index is 401. The summed E-state index contributed by atoms with van der Waals surface area (Å²) in [6.07, 6.45) is 5.70. The van der Waals surface area contributed by atoms with E-state index in [0.717, 1.165) is 27.9 Å². The lowest BCUT2D eigenvalue weighted by molar-refractivity contribution is 0.784. The van der Waals surface area contributed by atoms with Gasteiger partial charge in [-0.2, -0.15) is 0 Å². The summed E-state index contributed by atoms with van der Waals surface area (Å²) in [5.41, 5.74) is 8.52. The van der Waals surface area contributed by atoms with Gasteiger partial charge in [0, 0.05) is 9.50 Å². The molecule has 1 aliphatic carbocycles. The maximum Gasteiger partial charge on any atom is 0.0526 e. The van der Waals surface area contributed by atoms with E-state index in [1.165, 1.54) is 12.0 Å². The first-order valence-corrected chi connectivity index (χ1v) is 6.25. The first-order chi connectivity index (χ1) is 7.18. The molecule has 0 heterocycles. The van der Waals surface area contributed by atoms with Crippen LogP contribution in [-0.4, -0.2) is 0 Å². The van der Waals surface area contributed by atoms with Gasteiger partial charge >= 0.3 is 0 Å². The minimum Gasteiger partial charge on any atom is -0.320 e. The largest absolute Gasteiger partial charge is 0.320 e. The van der Waals surface area contributed by atoms with E-state index in [0.29, 0.717) is 0 Å². The number of hydrogen-bond donors (Lipinski definition) is 1. The van der Waals surface area contributed by atoms with Crippen LogP contribution in [0.2, 0.25) is 5.02 Å². The highest BCUT2D eigenvalue weighted by atomic mass is 79.9. The van der Waals surface area contributed by atoms with E-state index < -0.39 is 0 Å². The summed E-state index contributed by atoms with van der Waals surface area (Å²) in [5.74, 6) is 0. The Labute approximate surface area is 103 Å². The van der Waals surface area contributed by atoms with Crippen LogP contribution >= 0.6 is 27.5 Å². The fourth-order valence-corrected chi connectivity index (χ4v) is 2.54. The number of halogens is 2. The van der Waals surface area contributed by atoms with Crippen LogP contribution in [-0.2, 0) is 0 Å². The molecule has 1 aliphatic rings. The van der Waals surface area contributed by atoms with Gasteiger partial charge in [-0.15, -0.1) is 0 Å². The third-order valence-corrected chi connectivity index (χ3v) is 3.61. The average Bonchev–Trinajstić information content (AvgIpc) is 2.74. The van der Waals surface area contributed by atoms with E-state index in [1.54, 1.807) is 0 Å². The van der Waals surface area contributed by atoms with Gasteiger partial charge in [0.2, 0.25) is 0 Å². The second kappa shape index (κ2) is 4.69. The zero-order chi connectivity index (χ0) is 10.8. The number of benzene rings is 1. The van der Waals surface area contributed by atoms with Crippen molar-refractivity contribution >= 4 is 27.5 Å². The summed E-state index contributed by atoms with van der Waals surface area (Å²) in [6, 6.07) is 5.78. The SMILES string of the molecule is NC(C1=CCCC1)c1cc(Br)ccc1Cl. The Balaban J connectivity index is 2.31. The molecule has 0 bridgehead atoms. The molecule has 0 amide bonds. The standard InChI is InChI=1S/C12H13BrClN/c13-9-5-6-11(14)10(7-9)12(15)8-3-1-2-4-8/h3,5-7,12H,1-2,4,15H2. The number of allylic oxidation sites excluding steroid dienone is 1. The van der Waals surface area contributed by atoms with Crippen molar-refractivity contribution in [3.63, 3.8) is 0 Å². The van der Waals surface area contributed by atoms with Crippen LogP contribution in [0.25, 0.3) is 0 Å². The lowest BCUT2D eigenvalue weighted by atomic mass is 9.99. The van der Waals surface area contributed by atoms with Gasteiger partial charge in [-0.05, 0) is 43.0 Å². The van der Waals surface area contributed by atoms with E-state index in [4.69, 9.17) is 17.3 Å². The normalized spacial score (nSPS) is 17.7. The first kappa shape index (κ1) is 11.2. The van der Waals surface area contributed by atoms with Crippen LogP contribution in [0.15, 0.2) is 34.3 Å². The molecule has 0 fully saturated rings. The van der Waals surface area contributed by atoms with Gasteiger partial charge < -0.3 is 5.73 Å². The fraction of sp³-hybridized carbons (Fsp3) is 0.333. The van der Waals surface area contributed by atoms with Crippen molar-refractivity contribution in [2.24, 2.45) is 5.73 Å². The molecule has 15 heavy (non-hydrogen) atoms. The quantitative estimate of drug-likeness (QED) is 0.810. The molecule has 1 atom stereocenters. The molecule has 0 spiro atoms. The van der Waals surface area contributed by atoms with Gasteiger partial charge in [-0.3, -0.25) is 0 Å². The van der Waals surface area contributed by atoms with Crippen molar-refractivity contribution in [3.8, 4) is 0 Å². The topological polar surface area (TPSA) is 26.0 Å². The zero-order valence-electron chi connectivity index (χ0n) is 8.34. The van der Waals surface area contributed by atoms with E-state index in [2.05, 4.69) is 22.0 Å². The lowest BCUT2D eigenvalue weighted by Gasteiger charge is -2.15. The molecule has 0 saturated heterocycles. The molecule has 3 heteroatoms. The second-order valence-electron chi connectivity index (χ2n) is 3.81. The summed E-state index contributed by atoms with van der Waals surface area (Å²) >= 11 is 9.58. The number of rotatable bonds is 2. The fourth-order valence-electron chi connectivity index (χ4n) is 1.93. The third-order valence-electron chi connectivity index (χ3n) is 2.77. The van der Waals surface area contributed by atoms with Crippen LogP contribution in [0.3, 0.4) is 0 Å². The predicted octanol–water partition coefficient (Wildman–Crippen LogP) is 4.21. The molecule has 2 rings (SSSR count). The Morgan fingerprint density at radius 3 is 2.87 bits per heavy atom. The molecule has 1 aromatic rings. The molecule has 1 aromatic carbocycles. The van der Waals surface area contributed by atoms with Crippen LogP contribution in [0, 0.1) is 0 Å². The summed E-state index contributed by atoms with van der Waals surface area (Å²) in [6.45, 7) is 0. The maximum absolute atomic E-state index is 6.20. The van der Waals surface area contributed by atoms with Gasteiger partial charge in [0.05, 0.1) is 6.04 Å². The smallest absolute Gasteiger partial charge is 0.0526 e. The molecule has 0 aromatic heterocycles. The minimum atomic E-state index is -0.0440. The molecular weight excluding hydrogens is 273 g/mol. The van der Waals surface area contributed by atoms with Gasteiger partial charge in [0.25, 0.3) is 0 Å². The van der Waals surface area contributed by atoms with Gasteiger partial charge in [-0.1, -0.05) is 39.2 Å². The Kier molecular flexibility index (Phi) is 3.49. The van der Waals surface area contributed by atoms with Crippen molar-refractivity contribution in [3.05, 3.63) is 44.9 Å². The number of hydrogen-bond acceptors (Lipinski definition) is 1. The van der Waals surface area contributed by atoms with Gasteiger partial charge in [-0.25, -0.2) is 0 Å². The highest BCUT2D eigenvalue weighted by Crippen LogP contribution is 2.33. The summed E-state index contributed by atoms with van der Waals surface area (Å²) in [4.78, 5) is 0. The molecule has 0 aliphatic heterocycles. The number of nitrogens with two attached hydrogens (primary N) is 1. The van der Waals surface area contributed by atoms with Crippen LogP contribution in [0.5, 0.6) is 0 Å². The van der Waals surface area contributed by atoms with Crippen LogP contribution < -0.4 is 5.73 Å². The van der Waals surface area contributed by atoms with Crippen LogP contribution in [0.4, 0.5) is 0 Å². The van der Waals surface area contributed by atoms with E-state index in [1.807, 2.05) is 18.2 Å². The Morgan fingerprint density at radius 2 is 2.20 bits per heavy atom. The highest BCUT2D eigenvalue weighted by molar-refractivity contribution is 9.10. The first-order valence-electron chi connectivity index (χ1n) is 5.08. The molecule has 0 saturated carbocycles. The minimum absolute atomic E-state index is 0.0440. The lowest BCUT2D eigenvalue weighted by Crippen LogP contribution is -2.12. The Morgan fingerprint density at radius 1 is 1.40 bits per heavy atom. The zero-order valence-corrected chi connectivity index (χ0v) is 10.7. The van der Waals surface area contributed by atoms with E-state index in [9.17, 15) is 0 Å². The average molecular weight is 287 g/mol.